The number of nitro benzene ring substituents is 1. The lowest BCUT2D eigenvalue weighted by Gasteiger charge is -2.39. The molecule has 8 heteroatoms. The second-order valence-electron chi connectivity index (χ2n) is 9.63. The van der Waals surface area contributed by atoms with Crippen LogP contribution in [0.4, 0.5) is 11.4 Å². The minimum Gasteiger partial charge on any atom is -0.325 e. The quantitative estimate of drug-likeness (QED) is 0.421. The zero-order chi connectivity index (χ0) is 23.1. The van der Waals surface area contributed by atoms with Crippen LogP contribution in [0.2, 0.25) is 5.02 Å². The van der Waals surface area contributed by atoms with E-state index in [9.17, 15) is 14.9 Å². The fraction of sp³-hybridized carbons (Fsp3) is 0.375. The molecule has 2 bridgehead atoms. The first-order valence-corrected chi connectivity index (χ1v) is 10.9. The van der Waals surface area contributed by atoms with Crippen molar-refractivity contribution in [1.29, 1.82) is 0 Å². The molecule has 1 heterocycles. The van der Waals surface area contributed by atoms with Crippen molar-refractivity contribution < 1.29 is 9.72 Å². The monoisotopic (exact) mass is 450 g/mol. The highest BCUT2D eigenvalue weighted by Crippen LogP contribution is 2.70. The van der Waals surface area contributed by atoms with Crippen molar-refractivity contribution in [2.45, 2.75) is 51.4 Å². The Labute approximate surface area is 190 Å². The average Bonchev–Trinajstić information content (AvgIpc) is 3.04. The molecule has 5 rings (SSSR count). The topological polar surface area (TPSA) is 98.0 Å². The van der Waals surface area contributed by atoms with Crippen LogP contribution in [-0.4, -0.2) is 20.8 Å². The number of aromatic nitrogens is 2. The first-order chi connectivity index (χ1) is 15.0. The van der Waals surface area contributed by atoms with Gasteiger partial charge in [-0.2, -0.15) is 0 Å². The first-order valence-electron chi connectivity index (χ1n) is 10.6. The predicted molar refractivity (Wildman–Crippen MR) is 123 cm³/mol. The molecule has 7 nitrogen and oxygen atoms in total. The summed E-state index contributed by atoms with van der Waals surface area (Å²) in [6.07, 6.45) is 1.44. The number of hydrogen-bond acceptors (Lipinski definition) is 5. The largest absolute Gasteiger partial charge is 0.325 e. The van der Waals surface area contributed by atoms with E-state index >= 15 is 0 Å². The molecule has 0 spiro atoms. The van der Waals surface area contributed by atoms with Crippen LogP contribution in [0.3, 0.4) is 0 Å². The van der Waals surface area contributed by atoms with Gasteiger partial charge in [-0.15, -0.1) is 0 Å². The van der Waals surface area contributed by atoms with Crippen LogP contribution < -0.4 is 5.32 Å². The van der Waals surface area contributed by atoms with E-state index in [-0.39, 0.29) is 17.0 Å². The molecule has 2 atom stereocenters. The van der Waals surface area contributed by atoms with Crippen molar-refractivity contribution in [2.24, 2.45) is 5.41 Å². The Bertz CT molecular complexity index is 1340. The second kappa shape index (κ2) is 6.48. The highest BCUT2D eigenvalue weighted by Gasteiger charge is 2.73. The molecule has 32 heavy (non-hydrogen) atoms. The SMILES string of the molecule is Cc1ccc(Cl)cc1NC(=O)C12CCC(C)(c3nc4ccc([N+](=O)[O-])cc4nc31)C2(C)C. The lowest BCUT2D eigenvalue weighted by molar-refractivity contribution is -0.384. The number of halogens is 1. The van der Waals surface area contributed by atoms with Crippen LogP contribution in [0, 0.1) is 22.5 Å². The number of anilines is 1. The smallest absolute Gasteiger partial charge is 0.271 e. The van der Waals surface area contributed by atoms with Gasteiger partial charge >= 0.3 is 0 Å². The number of fused-ring (bicyclic) bond motifs is 6. The maximum Gasteiger partial charge on any atom is 0.271 e. The van der Waals surface area contributed by atoms with Gasteiger partial charge in [0.05, 0.1) is 32.8 Å². The summed E-state index contributed by atoms with van der Waals surface area (Å²) in [6, 6.07) is 9.90. The van der Waals surface area contributed by atoms with Crippen LogP contribution in [0.1, 0.15) is 50.6 Å². The molecular formula is C24H23ClN4O3. The zero-order valence-corrected chi connectivity index (χ0v) is 19.1. The fourth-order valence-electron chi connectivity index (χ4n) is 5.66. The molecule has 0 radical (unpaired) electrons. The average molecular weight is 451 g/mol. The molecule has 0 aliphatic heterocycles. The van der Waals surface area contributed by atoms with Crippen molar-refractivity contribution in [3.8, 4) is 0 Å². The Balaban J connectivity index is 1.71. The molecule has 3 aromatic rings. The van der Waals surface area contributed by atoms with E-state index in [1.165, 1.54) is 12.1 Å². The van der Waals surface area contributed by atoms with E-state index in [1.807, 2.05) is 13.0 Å². The van der Waals surface area contributed by atoms with Gasteiger partial charge in [-0.05, 0) is 48.9 Å². The highest BCUT2D eigenvalue weighted by atomic mass is 35.5. The number of nitrogens with one attached hydrogen (secondary N) is 1. The summed E-state index contributed by atoms with van der Waals surface area (Å²) in [5.74, 6) is -0.144. The van der Waals surface area contributed by atoms with Gasteiger partial charge in [0, 0.05) is 28.3 Å². The van der Waals surface area contributed by atoms with Crippen LogP contribution in [0.15, 0.2) is 36.4 Å². The van der Waals surface area contributed by atoms with Gasteiger partial charge in [0.15, 0.2) is 0 Å². The van der Waals surface area contributed by atoms with Gasteiger partial charge in [0.1, 0.15) is 0 Å². The van der Waals surface area contributed by atoms with Gasteiger partial charge in [-0.25, -0.2) is 9.97 Å². The minimum atomic E-state index is -0.905. The van der Waals surface area contributed by atoms with Crippen molar-refractivity contribution in [1.82, 2.24) is 9.97 Å². The predicted octanol–water partition coefficient (Wildman–Crippen LogP) is 5.47. The maximum atomic E-state index is 14.0. The molecular weight excluding hydrogens is 428 g/mol. The number of aryl methyl sites for hydroxylation is 1. The summed E-state index contributed by atoms with van der Waals surface area (Å²) in [5, 5.41) is 14.9. The second-order valence-corrected chi connectivity index (χ2v) is 10.1. The van der Waals surface area contributed by atoms with E-state index in [1.54, 1.807) is 18.2 Å². The lowest BCUT2D eigenvalue weighted by Crippen LogP contribution is -2.48. The maximum absolute atomic E-state index is 14.0. The Morgan fingerprint density at radius 1 is 1.06 bits per heavy atom. The Hall–Kier alpha value is -3.06. The molecule has 0 saturated heterocycles. The summed E-state index contributed by atoms with van der Waals surface area (Å²) in [5.41, 5.74) is 2.29. The first kappa shape index (κ1) is 20.8. The van der Waals surface area contributed by atoms with Crippen molar-refractivity contribution in [3.05, 3.63) is 68.5 Å². The summed E-state index contributed by atoms with van der Waals surface area (Å²) >= 11 is 6.17. The number of carbonyl (C=O) groups excluding carboxylic acids is 1. The van der Waals surface area contributed by atoms with E-state index in [0.29, 0.717) is 33.9 Å². The lowest BCUT2D eigenvalue weighted by atomic mass is 9.63. The molecule has 2 aromatic carbocycles. The van der Waals surface area contributed by atoms with Gasteiger partial charge < -0.3 is 5.32 Å². The molecule has 2 aliphatic carbocycles. The number of nitrogens with zero attached hydrogens (tertiary/aromatic N) is 3. The highest BCUT2D eigenvalue weighted by molar-refractivity contribution is 6.31. The van der Waals surface area contributed by atoms with Crippen molar-refractivity contribution in [3.63, 3.8) is 0 Å². The van der Waals surface area contributed by atoms with E-state index < -0.39 is 15.8 Å². The normalized spacial score (nSPS) is 25.0. The third kappa shape index (κ3) is 2.45. The molecule has 2 aliphatic rings. The van der Waals surface area contributed by atoms with Crippen LogP contribution in [0.25, 0.3) is 11.0 Å². The number of carbonyl (C=O) groups is 1. The zero-order valence-electron chi connectivity index (χ0n) is 18.3. The fourth-order valence-corrected chi connectivity index (χ4v) is 5.84. The number of rotatable bonds is 3. The summed E-state index contributed by atoms with van der Waals surface area (Å²) in [7, 11) is 0. The molecule has 1 N–H and O–H groups in total. The summed E-state index contributed by atoms with van der Waals surface area (Å²) < 4.78 is 0. The van der Waals surface area contributed by atoms with Gasteiger partial charge in [0.2, 0.25) is 5.91 Å². The molecule has 1 aromatic heterocycles. The van der Waals surface area contributed by atoms with E-state index in [4.69, 9.17) is 21.6 Å². The standard InChI is InChI=1S/C24H23ClN4O3/c1-13-5-6-14(25)11-17(13)28-21(30)24-10-9-23(4,22(24,2)3)19-20(24)27-18-12-15(29(31)32)7-8-16(18)26-19/h5-8,11-12H,9-10H2,1-4H3,(H,28,30). The Morgan fingerprint density at radius 2 is 1.78 bits per heavy atom. The van der Waals surface area contributed by atoms with Crippen LogP contribution in [0.5, 0.6) is 0 Å². The third-order valence-electron chi connectivity index (χ3n) is 8.07. The minimum absolute atomic E-state index is 0.0477. The van der Waals surface area contributed by atoms with Gasteiger partial charge in [0.25, 0.3) is 5.69 Å². The summed E-state index contributed by atoms with van der Waals surface area (Å²) in [4.78, 5) is 34.5. The van der Waals surface area contributed by atoms with Gasteiger partial charge in [-0.1, -0.05) is 38.4 Å². The van der Waals surface area contributed by atoms with Gasteiger partial charge in [-0.3, -0.25) is 14.9 Å². The molecule has 1 amide bonds. The van der Waals surface area contributed by atoms with E-state index in [0.717, 1.165) is 17.7 Å². The number of benzene rings is 2. The Kier molecular flexibility index (Phi) is 4.22. The molecule has 2 unspecified atom stereocenters. The molecule has 1 saturated carbocycles. The number of nitro groups is 1. The van der Waals surface area contributed by atoms with Crippen LogP contribution >= 0.6 is 11.6 Å². The number of non-ortho nitro benzene ring substituents is 1. The number of amides is 1. The summed E-state index contributed by atoms with van der Waals surface area (Å²) in [6.45, 7) is 8.26. The third-order valence-corrected chi connectivity index (χ3v) is 8.30. The Morgan fingerprint density at radius 3 is 2.50 bits per heavy atom. The van der Waals surface area contributed by atoms with Crippen LogP contribution in [-0.2, 0) is 15.6 Å². The van der Waals surface area contributed by atoms with Crippen molar-refractivity contribution >= 4 is 39.9 Å². The number of hydrogen-bond donors (Lipinski definition) is 1. The molecule has 164 valence electrons. The molecule has 1 fully saturated rings. The van der Waals surface area contributed by atoms with E-state index in [2.05, 4.69) is 26.1 Å². The van der Waals surface area contributed by atoms with Crippen molar-refractivity contribution in [2.75, 3.05) is 5.32 Å².